The number of Topliss-reactive ketones (excluding diaryl/α,β-unsaturated/α-hetero) is 2. The van der Waals surface area contributed by atoms with Gasteiger partial charge in [-0.15, -0.1) is 35.6 Å². The number of ether oxygens (including phenoxy) is 3. The van der Waals surface area contributed by atoms with Crippen LogP contribution in [0.25, 0.3) is 11.4 Å². The number of hydrogen-bond acceptors (Lipinski definition) is 6. The Balaban J connectivity index is 0.000000193. The minimum Gasteiger partial charge on any atom is -0.491 e. The molecule has 53 heavy (non-hydrogen) atoms. The van der Waals surface area contributed by atoms with Gasteiger partial charge in [0.15, 0.2) is 11.4 Å². The molecule has 1 saturated heterocycles. The Bertz CT molecular complexity index is 1950. The molecule has 4 aromatic rings. The van der Waals surface area contributed by atoms with Gasteiger partial charge in [0.05, 0.1) is 33.9 Å². The second kappa shape index (κ2) is 16.2. The molecular formula is C41H47Cl3N3O6-. The Morgan fingerprint density at radius 2 is 1.28 bits per heavy atom. The summed E-state index contributed by atoms with van der Waals surface area (Å²) in [6.07, 6.45) is 6.61. The van der Waals surface area contributed by atoms with Gasteiger partial charge < -0.3 is 33.0 Å². The number of carbonyl (C=O) groups excluding carboxylic acids is 3. The second-order valence-electron chi connectivity index (χ2n) is 14.7. The van der Waals surface area contributed by atoms with E-state index in [9.17, 15) is 14.4 Å². The minimum absolute atomic E-state index is 0. The molecule has 2 aromatic heterocycles. The summed E-state index contributed by atoms with van der Waals surface area (Å²) in [6, 6.07) is 24.7. The molecule has 5 heterocycles. The molecule has 0 atom stereocenters. The first-order valence-electron chi connectivity index (χ1n) is 17.9. The van der Waals surface area contributed by atoms with E-state index >= 15 is 0 Å². The summed E-state index contributed by atoms with van der Waals surface area (Å²) in [7, 11) is 0. The molecule has 3 aliphatic heterocycles. The quantitative estimate of drug-likeness (QED) is 0.114. The van der Waals surface area contributed by atoms with Crippen LogP contribution < -0.4 is 9.47 Å². The standard InChI is InChI=1S/C22H26N2O4.C18H18NO2.CH2Cl2.ClH/c1-15(25)16-9-10-19-22(27-18-8-6-5-7-17(18)24(16)19)11-13-23(14-12-22)20(26)28-21(2,3)4;1-13(20)14-9-10-17-18(11-5-2-6-12-18)21-16-8-4-3-7-15(16)19(14)17;2-1-3;/h5-10H,11-14H2,1-4H3;3-4,7-8,10H,2,5-6,11-12H2,1H3;1H2;1H/q;-1;;. The minimum atomic E-state index is -0.555. The van der Waals surface area contributed by atoms with Crippen LogP contribution in [0.3, 0.4) is 0 Å². The van der Waals surface area contributed by atoms with Gasteiger partial charge in [0, 0.05) is 32.9 Å². The topological polar surface area (TPSA) is 92.0 Å². The number of halogens is 3. The second-order valence-corrected chi connectivity index (χ2v) is 15.5. The average molecular weight is 784 g/mol. The van der Waals surface area contributed by atoms with Gasteiger partial charge in [-0.2, -0.15) is 12.1 Å². The van der Waals surface area contributed by atoms with Crippen LogP contribution in [0.15, 0.2) is 66.7 Å². The number of hydrogen-bond donors (Lipinski definition) is 0. The fraction of sp³-hybridized carbons (Fsp3) is 0.439. The van der Waals surface area contributed by atoms with E-state index in [1.165, 1.54) is 19.3 Å². The van der Waals surface area contributed by atoms with Crippen molar-refractivity contribution in [2.45, 2.75) is 96.4 Å². The summed E-state index contributed by atoms with van der Waals surface area (Å²) in [5, 5.41) is 0.194. The zero-order valence-electron chi connectivity index (χ0n) is 30.9. The molecule has 0 unspecified atom stereocenters. The van der Waals surface area contributed by atoms with Crippen molar-refractivity contribution in [1.82, 2.24) is 14.0 Å². The average Bonchev–Trinajstić information content (AvgIpc) is 3.77. The van der Waals surface area contributed by atoms with Crippen LogP contribution in [0.4, 0.5) is 4.79 Å². The van der Waals surface area contributed by atoms with Gasteiger partial charge in [-0.05, 0) is 88.3 Å². The number of likely N-dealkylation sites (tertiary alicyclic amines) is 1. The van der Waals surface area contributed by atoms with E-state index in [1.807, 2.05) is 92.1 Å². The number of fused-ring (bicyclic) bond motifs is 8. The van der Waals surface area contributed by atoms with Crippen LogP contribution in [0.5, 0.6) is 11.5 Å². The molecule has 4 aliphatic rings. The SMILES string of the molecule is CC(=O)c1[c-]cc2n1-c1ccccc1OC21CCCCC1.CC(=O)c1ccc2n1-c1ccccc1OC21CCN(C(=O)OC(C)(C)C)CC1.Cl.ClCCl. The summed E-state index contributed by atoms with van der Waals surface area (Å²) >= 11 is 9.53. The predicted octanol–water partition coefficient (Wildman–Crippen LogP) is 10.2. The van der Waals surface area contributed by atoms with E-state index in [0.29, 0.717) is 37.3 Å². The Morgan fingerprint density at radius 1 is 0.755 bits per heavy atom. The van der Waals surface area contributed by atoms with Crippen molar-refractivity contribution in [3.05, 3.63) is 95.6 Å². The third-order valence-electron chi connectivity index (χ3n) is 10.0. The highest BCUT2D eigenvalue weighted by Gasteiger charge is 2.46. The molecule has 0 radical (unpaired) electrons. The van der Waals surface area contributed by atoms with Crippen LogP contribution in [0.1, 0.15) is 112 Å². The molecule has 9 nitrogen and oxygen atoms in total. The van der Waals surface area contributed by atoms with Crippen molar-refractivity contribution in [2.24, 2.45) is 0 Å². The molecule has 2 aromatic carbocycles. The van der Waals surface area contributed by atoms with Gasteiger partial charge in [-0.1, -0.05) is 43.5 Å². The third kappa shape index (κ3) is 7.98. The lowest BCUT2D eigenvalue weighted by Crippen LogP contribution is -2.51. The normalized spacial score (nSPS) is 17.0. The number of aromatic nitrogens is 2. The molecule has 1 amide bonds. The van der Waals surface area contributed by atoms with Gasteiger partial charge in [0.1, 0.15) is 22.7 Å². The molecule has 284 valence electrons. The number of benzene rings is 2. The van der Waals surface area contributed by atoms with E-state index in [1.54, 1.807) is 18.7 Å². The summed E-state index contributed by atoms with van der Waals surface area (Å²) in [4.78, 5) is 38.3. The van der Waals surface area contributed by atoms with E-state index < -0.39 is 11.2 Å². The first-order chi connectivity index (χ1) is 24.8. The first-order valence-corrected chi connectivity index (χ1v) is 18.9. The molecule has 0 N–H and O–H groups in total. The van der Waals surface area contributed by atoms with Crippen molar-refractivity contribution < 1.29 is 28.6 Å². The number of nitrogens with zero attached hydrogens (tertiary/aromatic N) is 3. The number of ketones is 2. The zero-order chi connectivity index (χ0) is 37.3. The van der Waals surface area contributed by atoms with Crippen molar-refractivity contribution >= 4 is 53.3 Å². The molecule has 1 aliphatic carbocycles. The number of rotatable bonds is 2. The molecule has 2 fully saturated rings. The van der Waals surface area contributed by atoms with E-state index in [2.05, 4.69) is 10.6 Å². The Labute approximate surface area is 327 Å². The van der Waals surface area contributed by atoms with Gasteiger partial charge in [-0.25, -0.2) is 4.79 Å². The van der Waals surface area contributed by atoms with Crippen LogP contribution >= 0.6 is 35.6 Å². The van der Waals surface area contributed by atoms with E-state index in [-0.39, 0.29) is 41.0 Å². The summed E-state index contributed by atoms with van der Waals surface area (Å²) in [6.45, 7) is 9.87. The van der Waals surface area contributed by atoms with Crippen LogP contribution in [0, 0.1) is 6.07 Å². The van der Waals surface area contributed by atoms with Crippen LogP contribution in [0.2, 0.25) is 0 Å². The Hall–Kier alpha value is -3.92. The monoisotopic (exact) mass is 782 g/mol. The van der Waals surface area contributed by atoms with Crippen LogP contribution in [-0.2, 0) is 15.9 Å². The van der Waals surface area contributed by atoms with Crippen molar-refractivity contribution in [2.75, 3.05) is 18.4 Å². The highest BCUT2D eigenvalue weighted by atomic mass is 35.5. The zero-order valence-corrected chi connectivity index (χ0v) is 33.2. The van der Waals surface area contributed by atoms with Crippen molar-refractivity contribution in [1.29, 1.82) is 0 Å². The van der Waals surface area contributed by atoms with Gasteiger partial charge in [-0.3, -0.25) is 4.79 Å². The molecule has 1 saturated carbocycles. The summed E-state index contributed by atoms with van der Waals surface area (Å²) in [5.74, 6) is 1.70. The van der Waals surface area contributed by atoms with Gasteiger partial charge >= 0.3 is 6.09 Å². The largest absolute Gasteiger partial charge is 0.491 e. The fourth-order valence-corrected chi connectivity index (χ4v) is 7.76. The van der Waals surface area contributed by atoms with E-state index in [0.717, 1.165) is 47.1 Å². The number of para-hydroxylation sites is 4. The molecule has 2 spiro atoms. The predicted molar refractivity (Wildman–Crippen MR) is 209 cm³/mol. The Morgan fingerprint density at radius 3 is 1.81 bits per heavy atom. The lowest BCUT2D eigenvalue weighted by Gasteiger charge is -2.46. The first kappa shape index (κ1) is 40.3. The van der Waals surface area contributed by atoms with E-state index in [4.69, 9.17) is 37.4 Å². The molecular weight excluding hydrogens is 737 g/mol. The summed E-state index contributed by atoms with van der Waals surface area (Å²) in [5.41, 5.74) is 3.83. The lowest BCUT2D eigenvalue weighted by atomic mass is 9.81. The van der Waals surface area contributed by atoms with Gasteiger partial charge in [0.2, 0.25) is 0 Å². The smallest absolute Gasteiger partial charge is 0.410 e. The molecule has 0 bridgehead atoms. The van der Waals surface area contributed by atoms with Gasteiger partial charge in [0.25, 0.3) is 0 Å². The molecule has 12 heteroatoms. The highest BCUT2D eigenvalue weighted by molar-refractivity contribution is 6.40. The van der Waals surface area contributed by atoms with Crippen molar-refractivity contribution in [3.63, 3.8) is 0 Å². The number of piperidine rings is 1. The fourth-order valence-electron chi connectivity index (χ4n) is 7.76. The lowest BCUT2D eigenvalue weighted by molar-refractivity contribution is -0.0269. The maximum Gasteiger partial charge on any atom is 0.410 e. The molecule has 8 rings (SSSR count). The summed E-state index contributed by atoms with van der Waals surface area (Å²) < 4.78 is 22.5. The highest BCUT2D eigenvalue weighted by Crippen LogP contribution is 2.48. The van der Waals surface area contributed by atoms with Crippen LogP contribution in [-0.4, -0.2) is 55.7 Å². The number of amides is 1. The maximum absolute atomic E-state index is 12.4. The maximum atomic E-state index is 12.4. The van der Waals surface area contributed by atoms with Crippen molar-refractivity contribution in [3.8, 4) is 22.9 Å². The third-order valence-corrected chi connectivity index (χ3v) is 10.0. The number of carbonyl (C=O) groups is 3. The number of alkyl halides is 2. The Kier molecular flexibility index (Phi) is 12.3.